The molecule has 0 unspecified atom stereocenters. The average Bonchev–Trinajstić information content (AvgIpc) is 2.87. The Bertz CT molecular complexity index is 826. The topological polar surface area (TPSA) is 60.9 Å². The van der Waals surface area contributed by atoms with Crippen LogP contribution < -0.4 is 4.90 Å². The van der Waals surface area contributed by atoms with Crippen LogP contribution in [0, 0.1) is 6.92 Å². The van der Waals surface area contributed by atoms with Gasteiger partial charge in [0.15, 0.2) is 0 Å². The van der Waals surface area contributed by atoms with E-state index in [0.29, 0.717) is 22.5 Å². The standard InChI is InChI=1S/C20H20N2O3/c1-14-8-10-15(11-9-14)17-18(21(2)12-13-23)20(25)22(19(17)24)16-6-4-3-5-7-16/h3-11,23H,12-13H2,1-2H3. The normalized spacial score (nSPS) is 14.4. The van der Waals surface area contributed by atoms with E-state index >= 15 is 0 Å². The largest absolute Gasteiger partial charge is 0.395 e. The molecule has 25 heavy (non-hydrogen) atoms. The van der Waals surface area contributed by atoms with Crippen molar-refractivity contribution < 1.29 is 14.7 Å². The summed E-state index contributed by atoms with van der Waals surface area (Å²) in [6, 6.07) is 16.4. The molecule has 0 fully saturated rings. The molecule has 0 saturated heterocycles. The van der Waals surface area contributed by atoms with Crippen molar-refractivity contribution in [3.63, 3.8) is 0 Å². The van der Waals surface area contributed by atoms with E-state index in [0.717, 1.165) is 5.56 Å². The van der Waals surface area contributed by atoms with Crippen molar-refractivity contribution in [1.29, 1.82) is 0 Å². The molecule has 5 nitrogen and oxygen atoms in total. The minimum absolute atomic E-state index is 0.103. The number of anilines is 1. The summed E-state index contributed by atoms with van der Waals surface area (Å²) < 4.78 is 0. The highest BCUT2D eigenvalue weighted by Crippen LogP contribution is 2.34. The third-order valence-electron chi connectivity index (χ3n) is 4.23. The number of hydrogen-bond acceptors (Lipinski definition) is 4. The highest BCUT2D eigenvalue weighted by molar-refractivity contribution is 6.45. The summed E-state index contributed by atoms with van der Waals surface area (Å²) in [6.07, 6.45) is 0. The van der Waals surface area contributed by atoms with Gasteiger partial charge in [-0.3, -0.25) is 9.59 Å². The Kier molecular flexibility index (Phi) is 4.67. The van der Waals surface area contributed by atoms with Crippen LogP contribution in [-0.2, 0) is 9.59 Å². The lowest BCUT2D eigenvalue weighted by molar-refractivity contribution is -0.120. The fraction of sp³-hybridized carbons (Fsp3) is 0.200. The minimum atomic E-state index is -0.372. The van der Waals surface area contributed by atoms with Crippen molar-refractivity contribution in [2.24, 2.45) is 0 Å². The first-order valence-electron chi connectivity index (χ1n) is 8.11. The molecule has 1 N–H and O–H groups in total. The summed E-state index contributed by atoms with van der Waals surface area (Å²) in [7, 11) is 1.71. The SMILES string of the molecule is Cc1ccc(C2=C(N(C)CCO)C(=O)N(c3ccccc3)C2=O)cc1. The van der Waals surface area contributed by atoms with Gasteiger partial charge in [0, 0.05) is 13.6 Å². The molecule has 0 bridgehead atoms. The lowest BCUT2D eigenvalue weighted by atomic mass is 10.0. The molecule has 5 heteroatoms. The Morgan fingerprint density at radius 1 is 0.960 bits per heavy atom. The zero-order valence-corrected chi connectivity index (χ0v) is 14.3. The van der Waals surface area contributed by atoms with E-state index < -0.39 is 0 Å². The van der Waals surface area contributed by atoms with E-state index in [-0.39, 0.29) is 25.0 Å². The van der Waals surface area contributed by atoms with Gasteiger partial charge in [0.25, 0.3) is 11.8 Å². The number of carbonyl (C=O) groups excluding carboxylic acids is 2. The van der Waals surface area contributed by atoms with Gasteiger partial charge in [-0.15, -0.1) is 0 Å². The highest BCUT2D eigenvalue weighted by atomic mass is 16.3. The maximum atomic E-state index is 13.1. The van der Waals surface area contributed by atoms with Gasteiger partial charge >= 0.3 is 0 Å². The van der Waals surface area contributed by atoms with Crippen LogP contribution in [0.2, 0.25) is 0 Å². The third kappa shape index (κ3) is 3.06. The lowest BCUT2D eigenvalue weighted by Crippen LogP contribution is -2.34. The van der Waals surface area contributed by atoms with Crippen molar-refractivity contribution >= 4 is 23.1 Å². The number of carbonyl (C=O) groups is 2. The van der Waals surface area contributed by atoms with Gasteiger partial charge < -0.3 is 10.0 Å². The number of nitrogens with zero attached hydrogens (tertiary/aromatic N) is 2. The quantitative estimate of drug-likeness (QED) is 0.851. The van der Waals surface area contributed by atoms with Crippen LogP contribution in [0.15, 0.2) is 60.3 Å². The first-order valence-corrected chi connectivity index (χ1v) is 8.11. The minimum Gasteiger partial charge on any atom is -0.395 e. The number of aliphatic hydroxyl groups excluding tert-OH is 1. The van der Waals surface area contributed by atoms with Crippen molar-refractivity contribution in [2.75, 3.05) is 25.1 Å². The lowest BCUT2D eigenvalue weighted by Gasteiger charge is -2.20. The van der Waals surface area contributed by atoms with Crippen molar-refractivity contribution in [3.8, 4) is 0 Å². The van der Waals surface area contributed by atoms with E-state index in [1.807, 2.05) is 37.3 Å². The molecule has 1 heterocycles. The summed E-state index contributed by atoms with van der Waals surface area (Å²) in [5, 5.41) is 9.25. The first-order chi connectivity index (χ1) is 12.0. The van der Waals surface area contributed by atoms with E-state index in [1.54, 1.807) is 36.2 Å². The van der Waals surface area contributed by atoms with E-state index in [1.165, 1.54) is 4.90 Å². The second-order valence-electron chi connectivity index (χ2n) is 6.02. The number of likely N-dealkylation sites (N-methyl/N-ethyl adjacent to an activating group) is 1. The van der Waals surface area contributed by atoms with E-state index in [9.17, 15) is 14.7 Å². The third-order valence-corrected chi connectivity index (χ3v) is 4.23. The number of aliphatic hydroxyl groups is 1. The number of para-hydroxylation sites is 1. The van der Waals surface area contributed by atoms with E-state index in [4.69, 9.17) is 0 Å². The molecule has 0 aliphatic carbocycles. The Labute approximate surface area is 146 Å². The molecule has 3 rings (SSSR count). The second-order valence-corrected chi connectivity index (χ2v) is 6.02. The summed E-state index contributed by atoms with van der Waals surface area (Å²) in [5.74, 6) is -0.720. The fourth-order valence-electron chi connectivity index (χ4n) is 2.93. The van der Waals surface area contributed by atoms with Crippen LogP contribution in [0.4, 0.5) is 5.69 Å². The summed E-state index contributed by atoms with van der Waals surface area (Å²) in [6.45, 7) is 2.13. The number of aryl methyl sites for hydroxylation is 1. The highest BCUT2D eigenvalue weighted by Gasteiger charge is 2.41. The van der Waals surface area contributed by atoms with Crippen molar-refractivity contribution in [3.05, 3.63) is 71.4 Å². The Hall–Kier alpha value is -2.92. The first kappa shape index (κ1) is 16.9. The summed E-state index contributed by atoms with van der Waals surface area (Å²) in [5.41, 5.74) is 2.99. The molecule has 128 valence electrons. The monoisotopic (exact) mass is 336 g/mol. The van der Waals surface area contributed by atoms with Crippen LogP contribution in [0.5, 0.6) is 0 Å². The van der Waals surface area contributed by atoms with Crippen molar-refractivity contribution in [1.82, 2.24) is 4.90 Å². The Balaban J connectivity index is 2.12. The average molecular weight is 336 g/mol. The molecule has 2 amide bonds. The predicted octanol–water partition coefficient (Wildman–Crippen LogP) is 2.20. The fourth-order valence-corrected chi connectivity index (χ4v) is 2.93. The van der Waals surface area contributed by atoms with Gasteiger partial charge in [0.1, 0.15) is 5.70 Å². The Morgan fingerprint density at radius 2 is 1.60 bits per heavy atom. The zero-order valence-electron chi connectivity index (χ0n) is 14.3. The molecule has 1 aliphatic rings. The number of hydrogen-bond donors (Lipinski definition) is 1. The summed E-state index contributed by atoms with van der Waals surface area (Å²) >= 11 is 0. The molecule has 2 aromatic rings. The van der Waals surface area contributed by atoms with Gasteiger partial charge in [-0.2, -0.15) is 0 Å². The maximum absolute atomic E-state index is 13.1. The predicted molar refractivity (Wildman–Crippen MR) is 96.7 cm³/mol. The van der Waals surface area contributed by atoms with Crippen LogP contribution in [-0.4, -0.2) is 42.0 Å². The van der Waals surface area contributed by atoms with Gasteiger partial charge in [0.2, 0.25) is 0 Å². The molecule has 0 atom stereocenters. The van der Waals surface area contributed by atoms with Gasteiger partial charge in [-0.05, 0) is 24.6 Å². The van der Waals surface area contributed by atoms with E-state index in [2.05, 4.69) is 0 Å². The Morgan fingerprint density at radius 3 is 2.20 bits per heavy atom. The van der Waals surface area contributed by atoms with Crippen LogP contribution in [0.25, 0.3) is 5.57 Å². The molecule has 2 aromatic carbocycles. The van der Waals surface area contributed by atoms with Crippen LogP contribution in [0.1, 0.15) is 11.1 Å². The van der Waals surface area contributed by atoms with Crippen molar-refractivity contribution in [2.45, 2.75) is 6.92 Å². The molecule has 0 spiro atoms. The molecular formula is C20H20N2O3. The van der Waals surface area contributed by atoms with Crippen LogP contribution in [0.3, 0.4) is 0 Å². The van der Waals surface area contributed by atoms with Crippen LogP contribution >= 0.6 is 0 Å². The number of rotatable bonds is 5. The molecule has 0 saturated carbocycles. The van der Waals surface area contributed by atoms with Gasteiger partial charge in [-0.1, -0.05) is 48.0 Å². The van der Waals surface area contributed by atoms with Gasteiger partial charge in [0.05, 0.1) is 17.9 Å². The smallest absolute Gasteiger partial charge is 0.282 e. The molecule has 0 aromatic heterocycles. The molecule has 1 aliphatic heterocycles. The van der Waals surface area contributed by atoms with Gasteiger partial charge in [-0.25, -0.2) is 4.90 Å². The molecule has 0 radical (unpaired) electrons. The summed E-state index contributed by atoms with van der Waals surface area (Å²) in [4.78, 5) is 28.9. The molecular weight excluding hydrogens is 316 g/mol. The number of amides is 2. The zero-order chi connectivity index (χ0) is 18.0. The number of benzene rings is 2. The maximum Gasteiger partial charge on any atom is 0.282 e. The second kappa shape index (κ2) is 6.91. The number of imide groups is 1.